The lowest BCUT2D eigenvalue weighted by Crippen LogP contribution is -2.44. The molecule has 2 N–H and O–H groups in total. The highest BCUT2D eigenvalue weighted by Crippen LogP contribution is 2.31. The molecule has 2 aromatic heterocycles. The smallest absolute Gasteiger partial charge is 0.330 e. The molecule has 26 heavy (non-hydrogen) atoms. The Bertz CT molecular complexity index is 1020. The Morgan fingerprint density at radius 3 is 2.85 bits per heavy atom. The molecule has 1 unspecified atom stereocenters. The molecule has 134 valence electrons. The van der Waals surface area contributed by atoms with Crippen LogP contribution < -0.4 is 11.0 Å². The van der Waals surface area contributed by atoms with Crippen LogP contribution in [0.2, 0.25) is 0 Å². The quantitative estimate of drug-likeness (QED) is 0.745. The number of nitrogens with one attached hydrogen (secondary N) is 2. The summed E-state index contributed by atoms with van der Waals surface area (Å²) in [4.78, 5) is 30.6. The molecule has 1 fully saturated rings. The molecule has 0 spiro atoms. The van der Waals surface area contributed by atoms with Crippen molar-refractivity contribution in [2.24, 2.45) is 0 Å². The Kier molecular flexibility index (Phi) is 3.75. The topological polar surface area (TPSA) is 106 Å². The van der Waals surface area contributed by atoms with E-state index in [1.165, 1.54) is 0 Å². The number of benzene rings is 1. The summed E-state index contributed by atoms with van der Waals surface area (Å²) >= 11 is 0. The van der Waals surface area contributed by atoms with Gasteiger partial charge in [0.25, 0.3) is 0 Å². The number of hydrogen-bond donors (Lipinski definition) is 2. The second-order valence-electron chi connectivity index (χ2n) is 6.88. The van der Waals surface area contributed by atoms with Crippen molar-refractivity contribution in [3.8, 4) is 17.1 Å². The van der Waals surface area contributed by atoms with Crippen molar-refractivity contribution < 1.29 is 9.32 Å². The predicted octanol–water partition coefficient (Wildman–Crippen LogP) is 1.69. The number of carbonyl (C=O) groups excluding carboxylic acids is 1. The first kappa shape index (κ1) is 16.3. The van der Waals surface area contributed by atoms with Crippen LogP contribution in [0.1, 0.15) is 31.4 Å². The van der Waals surface area contributed by atoms with Gasteiger partial charge in [-0.3, -0.25) is 9.36 Å². The van der Waals surface area contributed by atoms with E-state index in [4.69, 9.17) is 4.52 Å². The number of aromatic amines is 1. The van der Waals surface area contributed by atoms with Crippen LogP contribution in [0.25, 0.3) is 17.1 Å². The summed E-state index contributed by atoms with van der Waals surface area (Å²) in [6, 6.07) is 7.42. The van der Waals surface area contributed by atoms with Crippen LogP contribution in [0.15, 0.2) is 39.8 Å². The van der Waals surface area contributed by atoms with Crippen molar-refractivity contribution in [1.82, 2.24) is 25.0 Å². The van der Waals surface area contributed by atoms with Crippen LogP contribution in [0, 0.1) is 6.92 Å². The zero-order chi connectivity index (χ0) is 18.3. The van der Waals surface area contributed by atoms with E-state index in [1.54, 1.807) is 10.8 Å². The number of hydrogen-bond acceptors (Lipinski definition) is 5. The highest BCUT2D eigenvalue weighted by atomic mass is 16.5. The molecule has 0 radical (unpaired) electrons. The van der Waals surface area contributed by atoms with Crippen molar-refractivity contribution in [1.29, 1.82) is 0 Å². The van der Waals surface area contributed by atoms with Crippen molar-refractivity contribution in [2.75, 3.05) is 6.54 Å². The molecule has 1 aliphatic heterocycles. The van der Waals surface area contributed by atoms with Gasteiger partial charge in [-0.1, -0.05) is 17.3 Å². The zero-order valence-electron chi connectivity index (χ0n) is 14.6. The van der Waals surface area contributed by atoms with Crippen molar-refractivity contribution in [3.05, 3.63) is 52.5 Å². The minimum atomic E-state index is -0.370. The molecule has 1 amide bonds. The fourth-order valence-electron chi connectivity index (χ4n) is 3.19. The first-order chi connectivity index (χ1) is 12.5. The number of nitrogens with zero attached hydrogens (tertiary/aromatic N) is 3. The van der Waals surface area contributed by atoms with E-state index in [0.717, 1.165) is 16.9 Å². The third-order valence-electron chi connectivity index (χ3n) is 4.84. The van der Waals surface area contributed by atoms with Gasteiger partial charge in [0.1, 0.15) is 0 Å². The summed E-state index contributed by atoms with van der Waals surface area (Å²) in [6.45, 7) is 4.34. The van der Waals surface area contributed by atoms with Crippen molar-refractivity contribution in [3.63, 3.8) is 0 Å². The minimum absolute atomic E-state index is 0.0437. The van der Waals surface area contributed by atoms with Gasteiger partial charge in [0.15, 0.2) is 0 Å². The summed E-state index contributed by atoms with van der Waals surface area (Å²) in [7, 11) is 0. The molecule has 8 heteroatoms. The molecule has 1 aliphatic rings. The highest BCUT2D eigenvalue weighted by molar-refractivity contribution is 5.77. The van der Waals surface area contributed by atoms with E-state index in [-0.39, 0.29) is 17.0 Å². The second kappa shape index (κ2) is 5.98. The number of amides is 1. The van der Waals surface area contributed by atoms with Crippen molar-refractivity contribution in [2.45, 2.75) is 32.1 Å². The number of rotatable bonds is 3. The number of carbonyl (C=O) groups is 1. The summed E-state index contributed by atoms with van der Waals surface area (Å²) in [6.07, 6.45) is 2.78. The maximum absolute atomic E-state index is 12.0. The third-order valence-corrected chi connectivity index (χ3v) is 4.84. The van der Waals surface area contributed by atoms with Crippen LogP contribution in [0.4, 0.5) is 0 Å². The Labute approximate surface area is 149 Å². The average molecular weight is 353 g/mol. The standard InChI is InChI=1S/C18H19N5O3/c1-11-9-19-17(25)23(11)13-5-3-4-12(8-13)15-21-16(26-22-15)18(2)7-6-14(24)20-10-18/h3-5,8-9H,6-7,10H2,1-2H3,(H,19,25)(H,20,24). The lowest BCUT2D eigenvalue weighted by Gasteiger charge is -2.29. The fraction of sp³-hybridized carbons (Fsp3) is 0.333. The number of piperidine rings is 1. The third kappa shape index (κ3) is 2.73. The summed E-state index contributed by atoms with van der Waals surface area (Å²) in [5.41, 5.74) is 1.73. The summed E-state index contributed by atoms with van der Waals surface area (Å²) < 4.78 is 7.07. The number of imidazole rings is 1. The van der Waals surface area contributed by atoms with Gasteiger partial charge in [-0.05, 0) is 32.4 Å². The Balaban J connectivity index is 1.67. The van der Waals surface area contributed by atoms with E-state index >= 15 is 0 Å². The summed E-state index contributed by atoms with van der Waals surface area (Å²) in [5, 5.41) is 6.95. The fourth-order valence-corrected chi connectivity index (χ4v) is 3.19. The molecular formula is C18H19N5O3. The molecule has 3 aromatic rings. The number of aryl methyl sites for hydroxylation is 1. The first-order valence-electron chi connectivity index (χ1n) is 8.45. The van der Waals surface area contributed by atoms with Crippen LogP contribution in [-0.2, 0) is 10.2 Å². The van der Waals surface area contributed by atoms with Crippen LogP contribution in [-0.4, -0.2) is 32.1 Å². The Morgan fingerprint density at radius 1 is 1.31 bits per heavy atom. The van der Waals surface area contributed by atoms with Crippen LogP contribution >= 0.6 is 0 Å². The lowest BCUT2D eigenvalue weighted by molar-refractivity contribution is -0.123. The molecule has 0 saturated carbocycles. The molecule has 3 heterocycles. The largest absolute Gasteiger partial charge is 0.355 e. The summed E-state index contributed by atoms with van der Waals surface area (Å²) in [5.74, 6) is 1.01. The van der Waals surface area contributed by atoms with E-state index in [9.17, 15) is 9.59 Å². The van der Waals surface area contributed by atoms with E-state index in [0.29, 0.717) is 31.1 Å². The van der Waals surface area contributed by atoms with E-state index in [1.807, 2.05) is 38.1 Å². The van der Waals surface area contributed by atoms with Gasteiger partial charge in [-0.25, -0.2) is 4.79 Å². The molecular weight excluding hydrogens is 334 g/mol. The average Bonchev–Trinajstić information content (AvgIpc) is 3.26. The number of H-pyrrole nitrogens is 1. The molecule has 0 bridgehead atoms. The van der Waals surface area contributed by atoms with E-state index < -0.39 is 0 Å². The number of aromatic nitrogens is 4. The highest BCUT2D eigenvalue weighted by Gasteiger charge is 2.37. The van der Waals surface area contributed by atoms with E-state index in [2.05, 4.69) is 20.4 Å². The van der Waals surface area contributed by atoms with Crippen molar-refractivity contribution >= 4 is 5.91 Å². The van der Waals surface area contributed by atoms with Gasteiger partial charge in [0.2, 0.25) is 17.6 Å². The minimum Gasteiger partial charge on any atom is -0.355 e. The maximum Gasteiger partial charge on any atom is 0.330 e. The monoisotopic (exact) mass is 353 g/mol. The van der Waals surface area contributed by atoms with Gasteiger partial charge in [0, 0.05) is 30.4 Å². The van der Waals surface area contributed by atoms with Gasteiger partial charge in [-0.15, -0.1) is 0 Å². The Morgan fingerprint density at radius 2 is 2.15 bits per heavy atom. The molecule has 4 rings (SSSR count). The zero-order valence-corrected chi connectivity index (χ0v) is 14.6. The normalized spacial score (nSPS) is 20.2. The first-order valence-corrected chi connectivity index (χ1v) is 8.45. The lowest BCUT2D eigenvalue weighted by atomic mass is 9.82. The molecule has 1 saturated heterocycles. The van der Waals surface area contributed by atoms with Crippen LogP contribution in [0.5, 0.6) is 0 Å². The molecule has 0 aliphatic carbocycles. The second-order valence-corrected chi connectivity index (χ2v) is 6.88. The van der Waals surface area contributed by atoms with Crippen LogP contribution in [0.3, 0.4) is 0 Å². The van der Waals surface area contributed by atoms with Gasteiger partial charge in [0.05, 0.1) is 11.1 Å². The SMILES string of the molecule is Cc1c[nH]c(=O)n1-c1cccc(-c2noc(C3(C)CCC(=O)NC3)n2)c1. The molecule has 1 aromatic carbocycles. The van der Waals surface area contributed by atoms with Gasteiger partial charge in [-0.2, -0.15) is 4.98 Å². The predicted molar refractivity (Wildman–Crippen MR) is 94.0 cm³/mol. The maximum atomic E-state index is 12.0. The van der Waals surface area contributed by atoms with Gasteiger partial charge >= 0.3 is 5.69 Å². The Hall–Kier alpha value is -3.16. The van der Waals surface area contributed by atoms with Gasteiger partial charge < -0.3 is 14.8 Å². The molecule has 1 atom stereocenters. The molecule has 8 nitrogen and oxygen atoms in total.